The van der Waals surface area contributed by atoms with Crippen molar-refractivity contribution in [2.24, 2.45) is 0 Å². The Morgan fingerprint density at radius 1 is 1.45 bits per heavy atom. The van der Waals surface area contributed by atoms with E-state index in [2.05, 4.69) is 16.1 Å². The summed E-state index contributed by atoms with van der Waals surface area (Å²) in [7, 11) is 0. The highest BCUT2D eigenvalue weighted by molar-refractivity contribution is 5.96. The van der Waals surface area contributed by atoms with Gasteiger partial charge >= 0.3 is 6.03 Å². The van der Waals surface area contributed by atoms with Crippen molar-refractivity contribution < 1.29 is 14.1 Å². The van der Waals surface area contributed by atoms with Crippen LogP contribution >= 0.6 is 0 Å². The van der Waals surface area contributed by atoms with Gasteiger partial charge in [-0.15, -0.1) is 12.3 Å². The van der Waals surface area contributed by atoms with Crippen LogP contribution in [0.15, 0.2) is 4.52 Å². The Balaban J connectivity index is 2.00. The molecule has 3 amide bonds. The van der Waals surface area contributed by atoms with Gasteiger partial charge in [-0.25, -0.2) is 4.79 Å². The second kappa shape index (κ2) is 6.19. The summed E-state index contributed by atoms with van der Waals surface area (Å²) in [4.78, 5) is 30.9. The molecule has 0 saturated carbocycles. The third-order valence-electron chi connectivity index (χ3n) is 3.01. The normalized spacial score (nSPS) is 15.6. The molecule has 20 heavy (non-hydrogen) atoms. The van der Waals surface area contributed by atoms with E-state index in [0.29, 0.717) is 31.8 Å². The minimum atomic E-state index is -0.325. The zero-order chi connectivity index (χ0) is 14.5. The van der Waals surface area contributed by atoms with Crippen molar-refractivity contribution >= 4 is 11.9 Å². The predicted molar refractivity (Wildman–Crippen MR) is 69.2 cm³/mol. The smallest absolute Gasteiger partial charge is 0.327 e. The van der Waals surface area contributed by atoms with Gasteiger partial charge in [0.15, 0.2) is 5.82 Å². The molecule has 1 fully saturated rings. The Kier molecular flexibility index (Phi) is 4.35. The van der Waals surface area contributed by atoms with E-state index < -0.39 is 0 Å². The van der Waals surface area contributed by atoms with Crippen molar-refractivity contribution in [3.8, 4) is 12.3 Å². The van der Waals surface area contributed by atoms with Crippen LogP contribution in [0.4, 0.5) is 4.79 Å². The summed E-state index contributed by atoms with van der Waals surface area (Å²) in [5, 5.41) is 3.64. The lowest BCUT2D eigenvalue weighted by Crippen LogP contribution is -2.52. The Hall–Kier alpha value is -2.36. The summed E-state index contributed by atoms with van der Waals surface area (Å²) in [6.07, 6.45) is 6.83. The molecule has 0 N–H and O–H groups in total. The second-order valence-electron chi connectivity index (χ2n) is 4.54. The summed E-state index contributed by atoms with van der Waals surface area (Å²) < 4.78 is 4.95. The summed E-state index contributed by atoms with van der Waals surface area (Å²) >= 11 is 0. The highest BCUT2D eigenvalue weighted by Crippen LogP contribution is 2.14. The molecule has 0 radical (unpaired) electrons. The van der Waals surface area contributed by atoms with Gasteiger partial charge in [0.05, 0.1) is 0 Å². The SMILES string of the molecule is C#CCCCN1CCC(=O)N(Cc2nc(C)no2)C1=O. The summed E-state index contributed by atoms with van der Waals surface area (Å²) in [5.74, 6) is 3.04. The summed E-state index contributed by atoms with van der Waals surface area (Å²) in [6.45, 7) is 2.68. The molecule has 0 aromatic carbocycles. The fourth-order valence-electron chi connectivity index (χ4n) is 2.01. The van der Waals surface area contributed by atoms with E-state index >= 15 is 0 Å². The van der Waals surface area contributed by atoms with Crippen LogP contribution in [0.5, 0.6) is 0 Å². The topological polar surface area (TPSA) is 79.5 Å². The predicted octanol–water partition coefficient (Wildman–Crippen LogP) is 0.946. The standard InChI is InChI=1S/C13H16N4O3/c1-3-4-5-7-16-8-6-12(18)17(13(16)19)9-11-14-10(2)15-20-11/h1H,4-9H2,2H3. The number of unbranched alkanes of at least 4 members (excludes halogenated alkanes) is 1. The van der Waals surface area contributed by atoms with Gasteiger partial charge in [-0.3, -0.25) is 9.69 Å². The van der Waals surface area contributed by atoms with Crippen molar-refractivity contribution in [3.63, 3.8) is 0 Å². The largest absolute Gasteiger partial charge is 0.337 e. The van der Waals surface area contributed by atoms with E-state index in [1.165, 1.54) is 0 Å². The van der Waals surface area contributed by atoms with E-state index in [0.717, 1.165) is 11.3 Å². The van der Waals surface area contributed by atoms with Crippen LogP contribution in [0.2, 0.25) is 0 Å². The molecule has 7 heteroatoms. The van der Waals surface area contributed by atoms with Gasteiger partial charge in [0.1, 0.15) is 6.54 Å². The molecule has 1 aromatic rings. The van der Waals surface area contributed by atoms with E-state index in [9.17, 15) is 9.59 Å². The van der Waals surface area contributed by atoms with E-state index in [4.69, 9.17) is 10.9 Å². The zero-order valence-corrected chi connectivity index (χ0v) is 11.3. The van der Waals surface area contributed by atoms with E-state index in [-0.39, 0.29) is 24.4 Å². The number of aromatic nitrogens is 2. The molecule has 1 saturated heterocycles. The quantitative estimate of drug-likeness (QED) is 0.591. The molecule has 0 bridgehead atoms. The summed E-state index contributed by atoms with van der Waals surface area (Å²) in [6, 6.07) is -0.325. The molecule has 1 aliphatic rings. The fourth-order valence-corrected chi connectivity index (χ4v) is 2.01. The molecule has 0 unspecified atom stereocenters. The summed E-state index contributed by atoms with van der Waals surface area (Å²) in [5.41, 5.74) is 0. The number of terminal acetylenes is 1. The molecule has 2 rings (SSSR count). The third kappa shape index (κ3) is 3.15. The van der Waals surface area contributed by atoms with Gasteiger partial charge in [0.2, 0.25) is 11.8 Å². The lowest BCUT2D eigenvalue weighted by molar-refractivity contribution is -0.131. The number of amides is 3. The third-order valence-corrected chi connectivity index (χ3v) is 3.01. The minimum absolute atomic E-state index is 0.0180. The van der Waals surface area contributed by atoms with Gasteiger partial charge in [0, 0.05) is 25.9 Å². The maximum absolute atomic E-state index is 12.2. The van der Waals surface area contributed by atoms with Crippen LogP contribution in [0.1, 0.15) is 31.0 Å². The lowest BCUT2D eigenvalue weighted by Gasteiger charge is -2.33. The number of carbonyl (C=O) groups is 2. The average molecular weight is 276 g/mol. The number of imide groups is 1. The molecule has 1 aromatic heterocycles. The first-order chi connectivity index (χ1) is 9.61. The van der Waals surface area contributed by atoms with Crippen molar-refractivity contribution in [3.05, 3.63) is 11.7 Å². The first-order valence-electron chi connectivity index (χ1n) is 6.43. The Bertz CT molecular complexity index is 546. The van der Waals surface area contributed by atoms with Gasteiger partial charge in [-0.2, -0.15) is 4.98 Å². The Morgan fingerprint density at radius 3 is 2.90 bits per heavy atom. The van der Waals surface area contributed by atoms with Crippen LogP contribution in [-0.2, 0) is 11.3 Å². The lowest BCUT2D eigenvalue weighted by atomic mass is 10.2. The fraction of sp³-hybridized carbons (Fsp3) is 0.538. The number of hydrogen-bond acceptors (Lipinski definition) is 5. The van der Waals surface area contributed by atoms with Crippen molar-refractivity contribution in [2.45, 2.75) is 32.7 Å². The molecular formula is C13H16N4O3. The van der Waals surface area contributed by atoms with E-state index in [1.807, 2.05) is 0 Å². The van der Waals surface area contributed by atoms with Gasteiger partial charge in [0.25, 0.3) is 0 Å². The van der Waals surface area contributed by atoms with Crippen molar-refractivity contribution in [1.29, 1.82) is 0 Å². The van der Waals surface area contributed by atoms with Crippen LogP contribution in [-0.4, -0.2) is 45.0 Å². The molecule has 2 heterocycles. The van der Waals surface area contributed by atoms with Crippen molar-refractivity contribution in [2.75, 3.05) is 13.1 Å². The maximum atomic E-state index is 12.2. The molecule has 7 nitrogen and oxygen atoms in total. The maximum Gasteiger partial charge on any atom is 0.327 e. The van der Waals surface area contributed by atoms with Crippen LogP contribution in [0.3, 0.4) is 0 Å². The molecule has 0 atom stereocenters. The number of urea groups is 1. The molecule has 0 spiro atoms. The highest BCUT2D eigenvalue weighted by atomic mass is 16.5. The molecule has 0 aliphatic carbocycles. The Morgan fingerprint density at radius 2 is 2.25 bits per heavy atom. The number of carbonyl (C=O) groups excluding carboxylic acids is 2. The van der Waals surface area contributed by atoms with E-state index in [1.54, 1.807) is 11.8 Å². The first-order valence-corrected chi connectivity index (χ1v) is 6.43. The van der Waals surface area contributed by atoms with Crippen molar-refractivity contribution in [1.82, 2.24) is 19.9 Å². The van der Waals surface area contributed by atoms with Gasteiger partial charge in [-0.1, -0.05) is 5.16 Å². The van der Waals surface area contributed by atoms with Crippen LogP contribution < -0.4 is 0 Å². The molecule has 1 aliphatic heterocycles. The number of hydrogen-bond donors (Lipinski definition) is 0. The Labute approximate surface area is 116 Å². The second-order valence-corrected chi connectivity index (χ2v) is 4.54. The monoisotopic (exact) mass is 276 g/mol. The highest BCUT2D eigenvalue weighted by Gasteiger charge is 2.32. The number of rotatable bonds is 5. The molecular weight excluding hydrogens is 260 g/mol. The van der Waals surface area contributed by atoms with Crippen LogP contribution in [0.25, 0.3) is 0 Å². The first kappa shape index (κ1) is 14.1. The van der Waals surface area contributed by atoms with Gasteiger partial charge in [-0.05, 0) is 13.3 Å². The zero-order valence-electron chi connectivity index (χ0n) is 11.3. The molecule has 106 valence electrons. The number of aryl methyl sites for hydroxylation is 1. The number of nitrogens with zero attached hydrogens (tertiary/aromatic N) is 4. The average Bonchev–Trinajstić information content (AvgIpc) is 2.83. The minimum Gasteiger partial charge on any atom is -0.337 e. The van der Waals surface area contributed by atoms with Gasteiger partial charge < -0.3 is 9.42 Å². The van der Waals surface area contributed by atoms with Crippen LogP contribution in [0, 0.1) is 19.3 Å².